The number of hydrogen-bond donors (Lipinski definition) is 2. The number of thioether (sulfide) groups is 1. The quantitative estimate of drug-likeness (QED) is 0.503. The Kier molecular flexibility index (Phi) is 6.20. The van der Waals surface area contributed by atoms with Crippen molar-refractivity contribution in [2.45, 2.75) is 20.3 Å². The molecule has 84 valence electrons. The highest BCUT2D eigenvalue weighted by atomic mass is 32.2. The van der Waals surface area contributed by atoms with Gasteiger partial charge < -0.3 is 10.6 Å². The van der Waals surface area contributed by atoms with Crippen LogP contribution in [-0.2, 0) is 0 Å². The fourth-order valence-electron chi connectivity index (χ4n) is 0.964. The average molecular weight is 217 g/mol. The first kappa shape index (κ1) is 13.8. The monoisotopic (exact) mass is 217 g/mol. The first-order chi connectivity index (χ1) is 6.40. The van der Waals surface area contributed by atoms with Crippen LogP contribution in [0.5, 0.6) is 0 Å². The van der Waals surface area contributed by atoms with Crippen molar-refractivity contribution in [1.29, 1.82) is 5.41 Å². The Balaban J connectivity index is 3.75. The fourth-order valence-corrected chi connectivity index (χ4v) is 1.46. The molecule has 0 aromatic rings. The number of nitrogens with two attached hydrogens (primary N) is 1. The second kappa shape index (κ2) is 6.30. The molecule has 0 rings (SSSR count). The van der Waals surface area contributed by atoms with Crippen LogP contribution in [0.3, 0.4) is 0 Å². The van der Waals surface area contributed by atoms with Gasteiger partial charge in [-0.05, 0) is 26.3 Å². The van der Waals surface area contributed by atoms with Crippen LogP contribution in [0.15, 0.2) is 0 Å². The minimum absolute atomic E-state index is 0.159. The summed E-state index contributed by atoms with van der Waals surface area (Å²) in [4.78, 5) is 2.29. The predicted molar refractivity (Wildman–Crippen MR) is 66.2 cm³/mol. The summed E-state index contributed by atoms with van der Waals surface area (Å²) in [6.07, 6.45) is 3.07. The van der Waals surface area contributed by atoms with Crippen LogP contribution in [0.2, 0.25) is 0 Å². The minimum atomic E-state index is -0.159. The van der Waals surface area contributed by atoms with Crippen molar-refractivity contribution in [2.75, 3.05) is 32.1 Å². The number of amidine groups is 1. The maximum atomic E-state index is 7.43. The summed E-state index contributed by atoms with van der Waals surface area (Å²) >= 11 is 1.86. The smallest absolute Gasteiger partial charge is 0.0963 e. The summed E-state index contributed by atoms with van der Waals surface area (Å²) in [7, 11) is 2.12. The number of rotatable bonds is 7. The highest BCUT2D eigenvalue weighted by Crippen LogP contribution is 2.19. The van der Waals surface area contributed by atoms with E-state index in [0.717, 1.165) is 25.3 Å². The molecule has 0 aliphatic carbocycles. The van der Waals surface area contributed by atoms with E-state index in [-0.39, 0.29) is 11.3 Å². The van der Waals surface area contributed by atoms with E-state index in [9.17, 15) is 0 Å². The van der Waals surface area contributed by atoms with Crippen LogP contribution in [0.1, 0.15) is 20.3 Å². The van der Waals surface area contributed by atoms with Crippen molar-refractivity contribution in [3.8, 4) is 0 Å². The molecule has 0 unspecified atom stereocenters. The van der Waals surface area contributed by atoms with Gasteiger partial charge in [-0.2, -0.15) is 11.8 Å². The van der Waals surface area contributed by atoms with Crippen LogP contribution in [0.25, 0.3) is 0 Å². The zero-order valence-electron chi connectivity index (χ0n) is 9.76. The van der Waals surface area contributed by atoms with E-state index in [1.54, 1.807) is 0 Å². The molecule has 0 aliphatic heterocycles. The summed E-state index contributed by atoms with van der Waals surface area (Å²) in [6, 6.07) is 0. The second-order valence-corrected chi connectivity index (χ2v) is 5.33. The highest BCUT2D eigenvalue weighted by molar-refractivity contribution is 7.98. The van der Waals surface area contributed by atoms with Gasteiger partial charge in [0.1, 0.15) is 0 Å². The van der Waals surface area contributed by atoms with Gasteiger partial charge in [-0.25, -0.2) is 0 Å². The maximum absolute atomic E-state index is 7.43. The molecule has 3 nitrogen and oxygen atoms in total. The lowest BCUT2D eigenvalue weighted by molar-refractivity contribution is 0.305. The standard InChI is InChI=1S/C10H23N3S/c1-10(2,9(11)12)5-6-13(3)7-8-14-4/h5-8H2,1-4H3,(H3,11,12). The van der Waals surface area contributed by atoms with Crippen molar-refractivity contribution in [3.63, 3.8) is 0 Å². The van der Waals surface area contributed by atoms with E-state index < -0.39 is 0 Å². The molecule has 0 aliphatic rings. The molecule has 0 saturated heterocycles. The Labute approximate surface area is 91.9 Å². The molecule has 0 radical (unpaired) electrons. The Morgan fingerprint density at radius 2 is 2.00 bits per heavy atom. The van der Waals surface area contributed by atoms with Gasteiger partial charge in [0, 0.05) is 17.7 Å². The first-order valence-corrected chi connectivity index (χ1v) is 6.31. The van der Waals surface area contributed by atoms with Gasteiger partial charge in [0.25, 0.3) is 0 Å². The number of nitrogens with one attached hydrogen (secondary N) is 1. The molecule has 0 heterocycles. The molecular weight excluding hydrogens is 194 g/mol. The molecule has 0 fully saturated rings. The topological polar surface area (TPSA) is 53.1 Å². The SMILES string of the molecule is CSCCN(C)CCC(C)(C)C(=N)N. The molecule has 4 heteroatoms. The van der Waals surface area contributed by atoms with Crippen molar-refractivity contribution in [1.82, 2.24) is 4.90 Å². The van der Waals surface area contributed by atoms with Crippen molar-refractivity contribution in [3.05, 3.63) is 0 Å². The fraction of sp³-hybridized carbons (Fsp3) is 0.900. The summed E-state index contributed by atoms with van der Waals surface area (Å²) in [5.74, 6) is 1.45. The number of hydrogen-bond acceptors (Lipinski definition) is 3. The third-order valence-electron chi connectivity index (χ3n) is 2.52. The second-order valence-electron chi connectivity index (χ2n) is 4.34. The third kappa shape index (κ3) is 5.50. The van der Waals surface area contributed by atoms with Gasteiger partial charge >= 0.3 is 0 Å². The summed E-state index contributed by atoms with van der Waals surface area (Å²) < 4.78 is 0. The van der Waals surface area contributed by atoms with Crippen LogP contribution >= 0.6 is 11.8 Å². The van der Waals surface area contributed by atoms with E-state index in [0.29, 0.717) is 0 Å². The molecule has 0 aromatic carbocycles. The van der Waals surface area contributed by atoms with Gasteiger partial charge in [-0.1, -0.05) is 13.8 Å². The number of nitrogens with zero attached hydrogens (tertiary/aromatic N) is 1. The van der Waals surface area contributed by atoms with Gasteiger partial charge in [0.05, 0.1) is 5.84 Å². The first-order valence-electron chi connectivity index (χ1n) is 4.92. The van der Waals surface area contributed by atoms with Gasteiger partial charge in [-0.3, -0.25) is 5.41 Å². The summed E-state index contributed by atoms with van der Waals surface area (Å²) in [5, 5.41) is 7.43. The van der Waals surface area contributed by atoms with Crippen LogP contribution < -0.4 is 5.73 Å². The lowest BCUT2D eigenvalue weighted by atomic mass is 9.88. The molecule has 3 N–H and O–H groups in total. The molecule has 0 amide bonds. The van der Waals surface area contributed by atoms with Gasteiger partial charge in [-0.15, -0.1) is 0 Å². The maximum Gasteiger partial charge on any atom is 0.0963 e. The van der Waals surface area contributed by atoms with E-state index in [2.05, 4.69) is 18.2 Å². The normalized spacial score (nSPS) is 12.1. The Hall–Kier alpha value is -0.220. The van der Waals surface area contributed by atoms with Crippen molar-refractivity contribution < 1.29 is 0 Å². The molecule has 14 heavy (non-hydrogen) atoms. The average Bonchev–Trinajstić information content (AvgIpc) is 2.11. The van der Waals surface area contributed by atoms with E-state index in [1.165, 1.54) is 0 Å². The highest BCUT2D eigenvalue weighted by Gasteiger charge is 2.21. The molecule has 0 bridgehead atoms. The Morgan fingerprint density at radius 3 is 2.43 bits per heavy atom. The van der Waals surface area contributed by atoms with E-state index in [4.69, 9.17) is 11.1 Å². The van der Waals surface area contributed by atoms with Crippen LogP contribution in [0.4, 0.5) is 0 Å². The Bertz CT molecular complexity index is 180. The van der Waals surface area contributed by atoms with Crippen molar-refractivity contribution >= 4 is 17.6 Å². The zero-order chi connectivity index (χ0) is 11.2. The Morgan fingerprint density at radius 1 is 1.43 bits per heavy atom. The summed E-state index contributed by atoms with van der Waals surface area (Å²) in [6.45, 7) is 6.16. The van der Waals surface area contributed by atoms with Crippen molar-refractivity contribution in [2.24, 2.45) is 11.1 Å². The van der Waals surface area contributed by atoms with Gasteiger partial charge in [0.15, 0.2) is 0 Å². The zero-order valence-corrected chi connectivity index (χ0v) is 10.6. The van der Waals surface area contributed by atoms with E-state index >= 15 is 0 Å². The van der Waals surface area contributed by atoms with Gasteiger partial charge in [0.2, 0.25) is 0 Å². The minimum Gasteiger partial charge on any atom is -0.387 e. The molecule has 0 spiro atoms. The summed E-state index contributed by atoms with van der Waals surface area (Å²) in [5.41, 5.74) is 5.36. The third-order valence-corrected chi connectivity index (χ3v) is 3.12. The molecule has 0 atom stereocenters. The molecule has 0 saturated carbocycles. The molecular formula is C10H23N3S. The lowest BCUT2D eigenvalue weighted by Crippen LogP contribution is -2.35. The van der Waals surface area contributed by atoms with E-state index in [1.807, 2.05) is 25.6 Å². The predicted octanol–water partition coefficient (Wildman–Crippen LogP) is 1.63. The van der Waals surface area contributed by atoms with Crippen LogP contribution in [-0.4, -0.2) is 42.9 Å². The lowest BCUT2D eigenvalue weighted by Gasteiger charge is -2.26. The largest absolute Gasteiger partial charge is 0.387 e. The van der Waals surface area contributed by atoms with Crippen LogP contribution in [0, 0.1) is 10.8 Å². The molecule has 0 aromatic heterocycles.